The van der Waals surface area contributed by atoms with Crippen molar-refractivity contribution in [1.82, 2.24) is 14.9 Å². The van der Waals surface area contributed by atoms with Gasteiger partial charge in [-0.05, 0) is 24.0 Å². The largest absolute Gasteiger partial charge is 0.370 e. The van der Waals surface area contributed by atoms with Gasteiger partial charge in [0.15, 0.2) is 0 Å². The number of carbonyl (C=O) groups excluding carboxylic acids is 1. The summed E-state index contributed by atoms with van der Waals surface area (Å²) in [5, 5.41) is 12.4. The van der Waals surface area contributed by atoms with Gasteiger partial charge in [0.1, 0.15) is 12.8 Å². The average Bonchev–Trinajstić information content (AvgIpc) is 3.18. The molecule has 0 fully saturated rings. The highest BCUT2D eigenvalue weighted by atomic mass is 16.5. The van der Waals surface area contributed by atoms with Crippen molar-refractivity contribution in [3.05, 3.63) is 52.8 Å². The summed E-state index contributed by atoms with van der Waals surface area (Å²) < 4.78 is 5.39. The van der Waals surface area contributed by atoms with Gasteiger partial charge in [-0.15, -0.1) is 0 Å². The van der Waals surface area contributed by atoms with E-state index < -0.39 is 0 Å². The molecule has 31 heavy (non-hydrogen) atoms. The van der Waals surface area contributed by atoms with E-state index in [0.29, 0.717) is 43.8 Å². The van der Waals surface area contributed by atoms with Crippen molar-refractivity contribution in [2.24, 2.45) is 10.9 Å². The molecule has 0 unspecified atom stereocenters. The van der Waals surface area contributed by atoms with Crippen molar-refractivity contribution in [2.75, 3.05) is 25.1 Å². The first-order valence-electron chi connectivity index (χ1n) is 10.5. The molecular weight excluding hydrogens is 394 g/mol. The first-order chi connectivity index (χ1) is 15.1. The van der Waals surface area contributed by atoms with Crippen molar-refractivity contribution >= 4 is 23.8 Å². The molecular formula is C22H28N7O2+. The predicted octanol–water partition coefficient (Wildman–Crippen LogP) is -0.508. The molecule has 1 aromatic heterocycles. The number of rotatable bonds is 8. The Labute approximate surface area is 181 Å². The number of carbonyl (C=O) groups is 1. The Balaban J connectivity index is 1.26. The van der Waals surface area contributed by atoms with Crippen molar-refractivity contribution < 1.29 is 14.9 Å². The molecule has 1 aliphatic heterocycles. The van der Waals surface area contributed by atoms with E-state index in [1.54, 1.807) is 0 Å². The molecule has 162 valence electrons. The van der Waals surface area contributed by atoms with Crippen molar-refractivity contribution in [3.63, 3.8) is 0 Å². The summed E-state index contributed by atoms with van der Waals surface area (Å²) >= 11 is 0. The van der Waals surface area contributed by atoms with Crippen molar-refractivity contribution in [3.8, 4) is 0 Å². The van der Waals surface area contributed by atoms with Crippen LogP contribution in [-0.2, 0) is 35.3 Å². The highest BCUT2D eigenvalue weighted by Gasteiger charge is 2.24. The maximum absolute atomic E-state index is 12.5. The second-order valence-corrected chi connectivity index (χ2v) is 7.90. The van der Waals surface area contributed by atoms with Crippen LogP contribution in [0.2, 0.25) is 0 Å². The average molecular weight is 423 g/mol. The van der Waals surface area contributed by atoms with Gasteiger partial charge in [0.05, 0.1) is 18.7 Å². The molecule has 0 saturated carbocycles. The summed E-state index contributed by atoms with van der Waals surface area (Å²) in [6.07, 6.45) is 6.16. The fourth-order valence-corrected chi connectivity index (χ4v) is 4.08. The lowest BCUT2D eigenvalue weighted by atomic mass is 10.1. The third kappa shape index (κ3) is 5.24. The Bertz CT molecular complexity index is 967. The zero-order chi connectivity index (χ0) is 21.6. The second-order valence-electron chi connectivity index (χ2n) is 7.90. The van der Waals surface area contributed by atoms with Crippen molar-refractivity contribution in [2.45, 2.75) is 38.3 Å². The smallest absolute Gasteiger partial charge is 0.225 e. The molecule has 9 nitrogen and oxygen atoms in total. The number of anilines is 1. The topological polar surface area (TPSA) is 131 Å². The summed E-state index contributed by atoms with van der Waals surface area (Å²) in [5.74, 6) is 5.73. The molecule has 0 bridgehead atoms. The van der Waals surface area contributed by atoms with E-state index in [4.69, 9.17) is 21.0 Å². The van der Waals surface area contributed by atoms with Crippen LogP contribution in [0.4, 0.5) is 5.95 Å². The van der Waals surface area contributed by atoms with Gasteiger partial charge in [0.25, 0.3) is 0 Å². The predicted molar refractivity (Wildman–Crippen MR) is 117 cm³/mol. The number of fused-ring (bicyclic) bond motifs is 2. The fraction of sp³-hybridized carbons (Fsp3) is 0.409. The number of hydrogen-bond acceptors (Lipinski definition) is 7. The number of aromatic nitrogens is 2. The Hall–Kier alpha value is -3.33. The lowest BCUT2D eigenvalue weighted by Gasteiger charge is -2.28. The molecule has 9 heteroatoms. The molecule has 0 radical (unpaired) electrons. The van der Waals surface area contributed by atoms with E-state index in [1.165, 1.54) is 17.3 Å². The lowest BCUT2D eigenvalue weighted by molar-refractivity contribution is -0.134. The number of amides is 1. The number of ether oxygens (including phenoxy) is 1. The van der Waals surface area contributed by atoms with Gasteiger partial charge < -0.3 is 20.8 Å². The van der Waals surface area contributed by atoms with Crippen LogP contribution in [0, 0.1) is 0 Å². The Kier molecular flexibility index (Phi) is 6.51. The van der Waals surface area contributed by atoms with Crippen LogP contribution >= 0.6 is 0 Å². The van der Waals surface area contributed by atoms with Gasteiger partial charge in [-0.1, -0.05) is 24.3 Å². The first-order valence-corrected chi connectivity index (χ1v) is 10.5. The van der Waals surface area contributed by atoms with E-state index in [-0.39, 0.29) is 12.5 Å². The molecule has 2 aromatic rings. The van der Waals surface area contributed by atoms with Crippen LogP contribution in [0.5, 0.6) is 0 Å². The molecule has 1 aliphatic carbocycles. The maximum atomic E-state index is 12.5. The first kappa shape index (κ1) is 20.9. The molecule has 0 spiro atoms. The minimum absolute atomic E-state index is 0.0441. The minimum Gasteiger partial charge on any atom is -0.370 e. The van der Waals surface area contributed by atoms with Gasteiger partial charge in [-0.3, -0.25) is 10.2 Å². The third-order valence-corrected chi connectivity index (χ3v) is 5.64. The summed E-state index contributed by atoms with van der Waals surface area (Å²) in [7, 11) is 0. The zero-order valence-corrected chi connectivity index (χ0v) is 17.5. The normalized spacial score (nSPS) is 15.7. The second kappa shape index (κ2) is 9.65. The molecule has 5 N–H and O–H groups in total. The molecule has 0 atom stereocenters. The van der Waals surface area contributed by atoms with E-state index >= 15 is 0 Å². The lowest BCUT2D eigenvalue weighted by Crippen LogP contribution is -2.44. The SMILES string of the molecule is NN=CC(=[NH2+])COCCC(=O)N1CCc2nc(NC3Cc4ccccc4C3)ncc2C1. The van der Waals surface area contributed by atoms with Gasteiger partial charge in [0.2, 0.25) is 17.6 Å². The number of hydrogen-bond donors (Lipinski definition) is 3. The summed E-state index contributed by atoms with van der Waals surface area (Å²) in [6, 6.07) is 8.85. The van der Waals surface area contributed by atoms with E-state index in [1.807, 2.05) is 11.1 Å². The monoisotopic (exact) mass is 422 g/mol. The molecule has 4 rings (SSSR count). The maximum Gasteiger partial charge on any atom is 0.225 e. The van der Waals surface area contributed by atoms with Crippen LogP contribution in [0.1, 0.15) is 28.8 Å². The number of nitrogens with one attached hydrogen (secondary N) is 1. The minimum atomic E-state index is 0.0441. The fourth-order valence-electron chi connectivity index (χ4n) is 4.08. The van der Waals surface area contributed by atoms with Crippen LogP contribution in [0.25, 0.3) is 0 Å². The number of nitrogens with two attached hydrogens (primary N) is 2. The van der Waals surface area contributed by atoms with E-state index in [2.05, 4.69) is 39.7 Å². The summed E-state index contributed by atoms with van der Waals surface area (Å²) in [4.78, 5) is 23.5. The van der Waals surface area contributed by atoms with Crippen LogP contribution in [0.15, 0.2) is 35.6 Å². The number of hydrazone groups is 1. The molecule has 0 saturated heterocycles. The highest BCUT2D eigenvalue weighted by molar-refractivity contribution is 6.28. The van der Waals surface area contributed by atoms with E-state index in [9.17, 15) is 4.79 Å². The third-order valence-electron chi connectivity index (χ3n) is 5.64. The Morgan fingerprint density at radius 1 is 1.32 bits per heavy atom. The van der Waals surface area contributed by atoms with Gasteiger partial charge in [-0.25, -0.2) is 9.97 Å². The highest BCUT2D eigenvalue weighted by Crippen LogP contribution is 2.24. The molecule has 1 amide bonds. The zero-order valence-electron chi connectivity index (χ0n) is 17.5. The van der Waals surface area contributed by atoms with Crippen LogP contribution in [0.3, 0.4) is 0 Å². The Morgan fingerprint density at radius 2 is 2.10 bits per heavy atom. The molecule has 1 aromatic carbocycles. The van der Waals surface area contributed by atoms with E-state index in [0.717, 1.165) is 30.5 Å². The van der Waals surface area contributed by atoms with Gasteiger partial charge in [0, 0.05) is 37.3 Å². The van der Waals surface area contributed by atoms with Gasteiger partial charge >= 0.3 is 0 Å². The number of benzene rings is 1. The van der Waals surface area contributed by atoms with Crippen molar-refractivity contribution in [1.29, 1.82) is 0 Å². The van der Waals surface area contributed by atoms with Gasteiger partial charge in [-0.2, -0.15) is 5.10 Å². The summed E-state index contributed by atoms with van der Waals surface area (Å²) in [6.45, 7) is 1.67. The van der Waals surface area contributed by atoms with Crippen LogP contribution in [-0.4, -0.2) is 58.5 Å². The van der Waals surface area contributed by atoms with Crippen LogP contribution < -0.4 is 16.6 Å². The Morgan fingerprint density at radius 3 is 2.84 bits per heavy atom. The number of nitrogens with zero attached hydrogens (tertiary/aromatic N) is 4. The summed E-state index contributed by atoms with van der Waals surface area (Å²) in [5.41, 5.74) is 5.22. The standard InChI is InChI=1S/C22H27N7O2/c23-18(12-26-24)14-31-8-6-21(30)29-7-5-20-17(13-29)11-25-22(28-20)27-19-9-15-3-1-2-4-16(15)10-19/h1-4,11-12,19,23H,5-10,13-14,24H2,(H,25,27,28)/p+1. The molecule has 2 heterocycles. The quantitative estimate of drug-likeness (QED) is 0.227. The molecule has 2 aliphatic rings.